The minimum absolute atomic E-state index is 0.0957. The number of carbonyl (C=O) groups is 2. The standard InChI is InChI=1S/C24H24N2O5/c1-29-24(28)21(27)12-19(25)20-13-22(30-15-17-8-4-2-5-9-17)23(14-26-20)31-16-18-10-6-3-7-11-18/h2-13,26H,14-16,25H2,1H3. The smallest absolute Gasteiger partial charge is 0.378 e. The molecule has 3 N–H and O–H groups in total. The van der Waals surface area contributed by atoms with E-state index in [1.807, 2.05) is 60.7 Å². The average Bonchev–Trinajstić information content (AvgIpc) is 2.82. The van der Waals surface area contributed by atoms with E-state index in [0.717, 1.165) is 24.3 Å². The van der Waals surface area contributed by atoms with Crippen molar-refractivity contribution in [2.24, 2.45) is 5.73 Å². The number of nitrogens with two attached hydrogens (primary N) is 1. The summed E-state index contributed by atoms with van der Waals surface area (Å²) in [6.07, 6.45) is 2.68. The number of methoxy groups -OCH3 is 1. The molecule has 31 heavy (non-hydrogen) atoms. The molecule has 7 nitrogen and oxygen atoms in total. The lowest BCUT2D eigenvalue weighted by Crippen LogP contribution is -2.28. The van der Waals surface area contributed by atoms with Gasteiger partial charge in [0.25, 0.3) is 5.78 Å². The highest BCUT2D eigenvalue weighted by Crippen LogP contribution is 2.21. The summed E-state index contributed by atoms with van der Waals surface area (Å²) in [5.74, 6) is -0.724. The van der Waals surface area contributed by atoms with Crippen LogP contribution < -0.4 is 11.1 Å². The van der Waals surface area contributed by atoms with Crippen LogP contribution >= 0.6 is 0 Å². The van der Waals surface area contributed by atoms with Crippen LogP contribution in [0.3, 0.4) is 0 Å². The van der Waals surface area contributed by atoms with E-state index in [9.17, 15) is 9.59 Å². The zero-order valence-electron chi connectivity index (χ0n) is 17.2. The third kappa shape index (κ3) is 6.24. The van der Waals surface area contributed by atoms with Gasteiger partial charge in [-0.25, -0.2) is 4.79 Å². The molecule has 0 aromatic heterocycles. The first-order valence-corrected chi connectivity index (χ1v) is 9.69. The first-order chi connectivity index (χ1) is 15.1. The molecular formula is C24H24N2O5. The number of hydrogen-bond acceptors (Lipinski definition) is 7. The molecular weight excluding hydrogens is 396 g/mol. The van der Waals surface area contributed by atoms with Gasteiger partial charge in [-0.15, -0.1) is 0 Å². The van der Waals surface area contributed by atoms with Crippen LogP contribution in [-0.2, 0) is 37.0 Å². The summed E-state index contributed by atoms with van der Waals surface area (Å²) in [7, 11) is 1.14. The second-order valence-corrected chi connectivity index (χ2v) is 6.70. The van der Waals surface area contributed by atoms with Crippen molar-refractivity contribution in [3.8, 4) is 0 Å². The van der Waals surface area contributed by atoms with E-state index in [2.05, 4.69) is 10.1 Å². The molecule has 3 rings (SSSR count). The molecule has 0 saturated carbocycles. The van der Waals surface area contributed by atoms with Gasteiger partial charge >= 0.3 is 5.97 Å². The minimum atomic E-state index is -0.984. The maximum Gasteiger partial charge on any atom is 0.378 e. The Kier molecular flexibility index (Phi) is 7.48. The molecule has 0 radical (unpaired) electrons. The number of carbonyl (C=O) groups excluding carboxylic acids is 2. The maximum atomic E-state index is 11.8. The molecule has 1 aliphatic heterocycles. The van der Waals surface area contributed by atoms with Crippen LogP contribution in [0.5, 0.6) is 0 Å². The molecule has 1 heterocycles. The van der Waals surface area contributed by atoms with E-state index in [0.29, 0.717) is 37.0 Å². The average molecular weight is 420 g/mol. The minimum Gasteiger partial charge on any atom is -0.487 e. The van der Waals surface area contributed by atoms with E-state index in [-0.39, 0.29) is 5.70 Å². The predicted molar refractivity (Wildman–Crippen MR) is 115 cm³/mol. The molecule has 1 aliphatic rings. The molecule has 0 unspecified atom stereocenters. The quantitative estimate of drug-likeness (QED) is 0.365. The predicted octanol–water partition coefficient (Wildman–Crippen LogP) is 2.70. The van der Waals surface area contributed by atoms with Crippen molar-refractivity contribution < 1.29 is 23.8 Å². The lowest BCUT2D eigenvalue weighted by Gasteiger charge is -2.23. The van der Waals surface area contributed by atoms with Crippen LogP contribution in [0.25, 0.3) is 0 Å². The van der Waals surface area contributed by atoms with Crippen LogP contribution in [0.15, 0.2) is 95.7 Å². The SMILES string of the molecule is COC(=O)C(=O)C=C(N)C1=CC(OCc2ccccc2)=C(OCc2ccccc2)CN1. The highest BCUT2D eigenvalue weighted by atomic mass is 16.5. The number of hydrogen-bond donors (Lipinski definition) is 2. The van der Waals surface area contributed by atoms with Gasteiger partial charge in [0.1, 0.15) is 13.2 Å². The summed E-state index contributed by atoms with van der Waals surface area (Å²) in [5, 5.41) is 3.10. The van der Waals surface area contributed by atoms with Gasteiger partial charge in [-0.2, -0.15) is 0 Å². The van der Waals surface area contributed by atoms with E-state index in [1.165, 1.54) is 0 Å². The van der Waals surface area contributed by atoms with Gasteiger partial charge in [0.15, 0.2) is 11.5 Å². The van der Waals surface area contributed by atoms with Gasteiger partial charge in [0, 0.05) is 12.2 Å². The van der Waals surface area contributed by atoms with Gasteiger partial charge in [-0.1, -0.05) is 60.7 Å². The Morgan fingerprint density at radius 2 is 1.55 bits per heavy atom. The largest absolute Gasteiger partial charge is 0.487 e. The Bertz CT molecular complexity index is 1010. The van der Waals surface area contributed by atoms with Crippen LogP contribution in [-0.4, -0.2) is 25.4 Å². The molecule has 7 heteroatoms. The second-order valence-electron chi connectivity index (χ2n) is 6.70. The fraction of sp³-hybridized carbons (Fsp3) is 0.167. The number of benzene rings is 2. The summed E-state index contributed by atoms with van der Waals surface area (Å²) in [6.45, 7) is 1.03. The normalized spacial score (nSPS) is 13.7. The van der Waals surface area contributed by atoms with Gasteiger partial charge in [-0.3, -0.25) is 4.79 Å². The van der Waals surface area contributed by atoms with E-state index >= 15 is 0 Å². The van der Waals surface area contributed by atoms with E-state index in [4.69, 9.17) is 15.2 Å². The number of dihydropyridines is 1. The summed E-state index contributed by atoms with van der Waals surface area (Å²) >= 11 is 0. The third-order valence-electron chi connectivity index (χ3n) is 4.47. The lowest BCUT2D eigenvalue weighted by atomic mass is 10.1. The van der Waals surface area contributed by atoms with Crippen LogP contribution in [0.4, 0.5) is 0 Å². The Labute approximate surface area is 180 Å². The number of ether oxygens (including phenoxy) is 3. The van der Waals surface area contributed by atoms with E-state index in [1.54, 1.807) is 6.08 Å². The van der Waals surface area contributed by atoms with Crippen molar-refractivity contribution >= 4 is 11.8 Å². The molecule has 160 valence electrons. The number of esters is 1. The van der Waals surface area contributed by atoms with Crippen molar-refractivity contribution in [1.82, 2.24) is 5.32 Å². The van der Waals surface area contributed by atoms with Gasteiger partial charge in [0.05, 0.1) is 25.0 Å². The molecule has 0 aliphatic carbocycles. The highest BCUT2D eigenvalue weighted by Gasteiger charge is 2.19. The molecule has 2 aromatic rings. The van der Waals surface area contributed by atoms with Crippen molar-refractivity contribution in [3.05, 3.63) is 107 Å². The third-order valence-corrected chi connectivity index (χ3v) is 4.47. The molecule has 0 fully saturated rings. The fourth-order valence-electron chi connectivity index (χ4n) is 2.81. The monoisotopic (exact) mass is 420 g/mol. The van der Waals surface area contributed by atoms with Crippen LogP contribution in [0, 0.1) is 0 Å². The van der Waals surface area contributed by atoms with Crippen LogP contribution in [0.1, 0.15) is 11.1 Å². The number of ketones is 1. The zero-order chi connectivity index (χ0) is 22.1. The van der Waals surface area contributed by atoms with Crippen molar-refractivity contribution in [1.29, 1.82) is 0 Å². The first kappa shape index (κ1) is 21.7. The number of allylic oxidation sites excluding steroid dienone is 1. The number of rotatable bonds is 9. The van der Waals surface area contributed by atoms with Gasteiger partial charge in [0.2, 0.25) is 0 Å². The summed E-state index contributed by atoms with van der Waals surface area (Å²) in [6, 6.07) is 19.5. The Morgan fingerprint density at radius 1 is 0.968 bits per heavy atom. The highest BCUT2D eigenvalue weighted by molar-refractivity contribution is 6.38. The van der Waals surface area contributed by atoms with Gasteiger partial charge in [-0.05, 0) is 11.1 Å². The molecule has 0 amide bonds. The Balaban J connectivity index is 1.81. The Hall–Kier alpha value is -4.00. The van der Waals surface area contributed by atoms with Crippen molar-refractivity contribution in [2.45, 2.75) is 13.2 Å². The number of nitrogens with one attached hydrogen (secondary N) is 1. The maximum absolute atomic E-state index is 11.8. The summed E-state index contributed by atoms with van der Waals surface area (Å²) in [4.78, 5) is 23.1. The first-order valence-electron chi connectivity index (χ1n) is 9.69. The second kappa shape index (κ2) is 10.7. The van der Waals surface area contributed by atoms with E-state index < -0.39 is 11.8 Å². The zero-order valence-corrected chi connectivity index (χ0v) is 17.2. The van der Waals surface area contributed by atoms with Crippen molar-refractivity contribution in [2.75, 3.05) is 13.7 Å². The molecule has 0 atom stereocenters. The molecule has 0 bridgehead atoms. The lowest BCUT2D eigenvalue weighted by molar-refractivity contribution is -0.149. The Morgan fingerprint density at radius 3 is 2.13 bits per heavy atom. The van der Waals surface area contributed by atoms with Crippen molar-refractivity contribution in [3.63, 3.8) is 0 Å². The summed E-state index contributed by atoms with van der Waals surface area (Å²) < 4.78 is 16.4. The molecule has 2 aromatic carbocycles. The molecule has 0 saturated heterocycles. The molecule has 0 spiro atoms. The summed E-state index contributed by atoms with van der Waals surface area (Å²) in [5.41, 5.74) is 8.57. The fourth-order valence-corrected chi connectivity index (χ4v) is 2.81. The van der Waals surface area contributed by atoms with Crippen LogP contribution in [0.2, 0.25) is 0 Å². The van der Waals surface area contributed by atoms with Gasteiger partial charge < -0.3 is 25.3 Å². The topological polar surface area (TPSA) is 99.9 Å².